The topological polar surface area (TPSA) is 53.1 Å². The van der Waals surface area contributed by atoms with Crippen molar-refractivity contribution >= 4 is 17.2 Å². The normalized spacial score (nSPS) is 18.5. The van der Waals surface area contributed by atoms with Gasteiger partial charge < -0.3 is 5.73 Å². The van der Waals surface area contributed by atoms with Crippen LogP contribution in [0.4, 0.5) is 0 Å². The van der Waals surface area contributed by atoms with E-state index in [9.17, 15) is 0 Å². The average Bonchev–Trinajstić information content (AvgIpc) is 2.65. The molecule has 15 heavy (non-hydrogen) atoms. The quantitative estimate of drug-likeness (QED) is 0.606. The highest BCUT2D eigenvalue weighted by Crippen LogP contribution is 2.25. The molecule has 0 amide bonds. The van der Waals surface area contributed by atoms with Crippen molar-refractivity contribution < 1.29 is 0 Å². The van der Waals surface area contributed by atoms with Crippen LogP contribution < -0.4 is 5.73 Å². The monoisotopic (exact) mass is 223 g/mol. The summed E-state index contributed by atoms with van der Waals surface area (Å²) in [5, 5.41) is 9.73. The molecule has 0 aliphatic carbocycles. The van der Waals surface area contributed by atoms with Crippen molar-refractivity contribution in [2.24, 2.45) is 5.73 Å². The molecule has 3 nitrogen and oxygen atoms in total. The lowest BCUT2D eigenvalue weighted by molar-refractivity contribution is 0.218. The summed E-state index contributed by atoms with van der Waals surface area (Å²) in [6, 6.07) is 2.32. The zero-order valence-electron chi connectivity index (χ0n) is 8.99. The molecule has 2 rings (SSSR count). The van der Waals surface area contributed by atoms with Crippen molar-refractivity contribution in [1.82, 2.24) is 4.90 Å². The Labute approximate surface area is 94.4 Å². The highest BCUT2D eigenvalue weighted by atomic mass is 32.1. The summed E-state index contributed by atoms with van der Waals surface area (Å²) in [5.41, 5.74) is 7.04. The predicted octanol–water partition coefficient (Wildman–Crippen LogP) is 1.82. The highest BCUT2D eigenvalue weighted by Gasteiger charge is 2.24. The fourth-order valence-electron chi connectivity index (χ4n) is 2.21. The first-order valence-corrected chi connectivity index (χ1v) is 6.23. The second-order valence-electron chi connectivity index (χ2n) is 3.97. The van der Waals surface area contributed by atoms with Crippen LogP contribution in [0.5, 0.6) is 0 Å². The third-order valence-corrected chi connectivity index (χ3v) is 4.05. The Kier molecular flexibility index (Phi) is 3.07. The Morgan fingerprint density at radius 1 is 1.73 bits per heavy atom. The van der Waals surface area contributed by atoms with E-state index < -0.39 is 0 Å². The summed E-state index contributed by atoms with van der Waals surface area (Å²) in [5.74, 6) is 0.302. The molecule has 1 aromatic heterocycles. The molecule has 1 aromatic rings. The minimum absolute atomic E-state index is 0.123. The van der Waals surface area contributed by atoms with Crippen LogP contribution in [0, 0.1) is 5.41 Å². The summed E-state index contributed by atoms with van der Waals surface area (Å²) in [6.07, 6.45) is 2.03. The molecule has 82 valence electrons. The second-order valence-corrected chi connectivity index (χ2v) is 4.97. The van der Waals surface area contributed by atoms with Gasteiger partial charge in [0.25, 0.3) is 0 Å². The van der Waals surface area contributed by atoms with E-state index in [0.29, 0.717) is 5.84 Å². The Hall–Kier alpha value is -0.870. The summed E-state index contributed by atoms with van der Waals surface area (Å²) >= 11 is 1.84. The van der Waals surface area contributed by atoms with E-state index in [4.69, 9.17) is 11.1 Å². The molecule has 0 spiro atoms. The zero-order valence-corrected chi connectivity index (χ0v) is 9.81. The van der Waals surface area contributed by atoms with Crippen LogP contribution >= 0.6 is 11.3 Å². The second kappa shape index (κ2) is 4.33. The SMILES string of the molecule is CCC(C(=N)N)N1CCc2sccc2C1. The fourth-order valence-corrected chi connectivity index (χ4v) is 3.10. The third-order valence-electron chi connectivity index (χ3n) is 3.02. The van der Waals surface area contributed by atoms with Gasteiger partial charge in [0.2, 0.25) is 0 Å². The van der Waals surface area contributed by atoms with Crippen molar-refractivity contribution in [3.05, 3.63) is 21.9 Å². The Morgan fingerprint density at radius 3 is 3.20 bits per heavy atom. The lowest BCUT2D eigenvalue weighted by atomic mass is 10.1. The molecule has 0 radical (unpaired) electrons. The standard InChI is InChI=1S/C11H17N3S/c1-2-9(11(12)13)14-5-3-10-8(7-14)4-6-15-10/h4,6,9H,2-3,5,7H2,1H3,(H3,12,13). The van der Waals surface area contributed by atoms with Gasteiger partial charge in [0, 0.05) is 18.0 Å². The molecular formula is C11H17N3S. The number of hydrogen-bond acceptors (Lipinski definition) is 3. The van der Waals surface area contributed by atoms with Crippen LogP contribution in [0.15, 0.2) is 11.4 Å². The minimum atomic E-state index is 0.123. The van der Waals surface area contributed by atoms with Crippen molar-refractivity contribution in [2.45, 2.75) is 32.4 Å². The van der Waals surface area contributed by atoms with Crippen molar-refractivity contribution in [3.63, 3.8) is 0 Å². The van der Waals surface area contributed by atoms with Crippen molar-refractivity contribution in [2.75, 3.05) is 6.54 Å². The van der Waals surface area contributed by atoms with E-state index in [-0.39, 0.29) is 6.04 Å². The number of nitrogens with zero attached hydrogens (tertiary/aromatic N) is 1. The van der Waals surface area contributed by atoms with E-state index in [1.54, 1.807) is 0 Å². The molecule has 0 fully saturated rings. The third kappa shape index (κ3) is 2.06. The number of fused-ring (bicyclic) bond motifs is 1. The number of hydrogen-bond donors (Lipinski definition) is 2. The van der Waals surface area contributed by atoms with E-state index in [1.165, 1.54) is 10.4 Å². The smallest absolute Gasteiger partial charge is 0.108 e. The molecule has 0 bridgehead atoms. The largest absolute Gasteiger partial charge is 0.386 e. The van der Waals surface area contributed by atoms with Gasteiger partial charge in [0.05, 0.1) is 6.04 Å². The molecule has 2 heterocycles. The number of thiophene rings is 1. The molecule has 0 saturated heterocycles. The van der Waals surface area contributed by atoms with E-state index >= 15 is 0 Å². The Balaban J connectivity index is 2.11. The number of nitrogens with two attached hydrogens (primary N) is 1. The van der Waals surface area contributed by atoms with Crippen molar-refractivity contribution in [3.8, 4) is 0 Å². The molecule has 0 aromatic carbocycles. The maximum atomic E-state index is 7.57. The van der Waals surface area contributed by atoms with Gasteiger partial charge in [0.1, 0.15) is 5.84 Å². The van der Waals surface area contributed by atoms with Crippen LogP contribution in [0.2, 0.25) is 0 Å². The molecular weight excluding hydrogens is 206 g/mol. The Morgan fingerprint density at radius 2 is 2.53 bits per heavy atom. The molecule has 0 saturated carbocycles. The van der Waals surface area contributed by atoms with E-state index in [1.807, 2.05) is 11.3 Å². The molecule has 1 aliphatic heterocycles. The Bertz CT molecular complexity index is 358. The number of amidine groups is 1. The predicted molar refractivity (Wildman–Crippen MR) is 64.4 cm³/mol. The lowest BCUT2D eigenvalue weighted by Crippen LogP contribution is -2.45. The van der Waals surface area contributed by atoms with Crippen LogP contribution in [0.3, 0.4) is 0 Å². The van der Waals surface area contributed by atoms with Crippen LogP contribution in [0.1, 0.15) is 23.8 Å². The molecule has 1 atom stereocenters. The van der Waals surface area contributed by atoms with Gasteiger partial charge in [-0.1, -0.05) is 6.92 Å². The number of nitrogens with one attached hydrogen (secondary N) is 1. The summed E-state index contributed by atoms with van der Waals surface area (Å²) in [6.45, 7) is 4.08. The first-order chi connectivity index (χ1) is 7.22. The first-order valence-electron chi connectivity index (χ1n) is 5.35. The first kappa shape index (κ1) is 10.6. The molecule has 4 heteroatoms. The molecule has 1 unspecified atom stereocenters. The van der Waals surface area contributed by atoms with Gasteiger partial charge in [-0.2, -0.15) is 0 Å². The zero-order chi connectivity index (χ0) is 10.8. The van der Waals surface area contributed by atoms with Gasteiger partial charge in [-0.15, -0.1) is 11.3 Å². The van der Waals surface area contributed by atoms with Crippen molar-refractivity contribution in [1.29, 1.82) is 5.41 Å². The van der Waals surface area contributed by atoms with E-state index in [2.05, 4.69) is 23.3 Å². The van der Waals surface area contributed by atoms with Crippen LogP contribution in [-0.4, -0.2) is 23.3 Å². The van der Waals surface area contributed by atoms with Gasteiger partial charge in [-0.05, 0) is 29.9 Å². The lowest BCUT2D eigenvalue weighted by Gasteiger charge is -2.33. The summed E-state index contributed by atoms with van der Waals surface area (Å²) in [4.78, 5) is 3.82. The highest BCUT2D eigenvalue weighted by molar-refractivity contribution is 7.10. The van der Waals surface area contributed by atoms with Gasteiger partial charge >= 0.3 is 0 Å². The maximum Gasteiger partial charge on any atom is 0.108 e. The summed E-state index contributed by atoms with van der Waals surface area (Å²) < 4.78 is 0. The summed E-state index contributed by atoms with van der Waals surface area (Å²) in [7, 11) is 0. The van der Waals surface area contributed by atoms with Gasteiger partial charge in [0.15, 0.2) is 0 Å². The molecule has 3 N–H and O–H groups in total. The number of rotatable bonds is 3. The molecule has 1 aliphatic rings. The van der Waals surface area contributed by atoms with Crippen LogP contribution in [0.25, 0.3) is 0 Å². The van der Waals surface area contributed by atoms with Gasteiger partial charge in [-0.25, -0.2) is 0 Å². The fraction of sp³-hybridized carbons (Fsp3) is 0.545. The maximum absolute atomic E-state index is 7.57. The average molecular weight is 223 g/mol. The van der Waals surface area contributed by atoms with E-state index in [0.717, 1.165) is 25.9 Å². The minimum Gasteiger partial charge on any atom is -0.386 e. The van der Waals surface area contributed by atoms with Gasteiger partial charge in [-0.3, -0.25) is 10.3 Å². The van der Waals surface area contributed by atoms with Crippen LogP contribution in [-0.2, 0) is 13.0 Å².